The van der Waals surface area contributed by atoms with Crippen molar-refractivity contribution in [2.75, 3.05) is 19.6 Å². The van der Waals surface area contributed by atoms with Crippen molar-refractivity contribution in [1.82, 2.24) is 9.80 Å². The highest BCUT2D eigenvalue weighted by atomic mass is 19.2. The van der Waals surface area contributed by atoms with Gasteiger partial charge in [0.05, 0.1) is 0 Å². The number of nitrogens with zero attached hydrogens (tertiary/aromatic N) is 2. The van der Waals surface area contributed by atoms with Gasteiger partial charge in [0.1, 0.15) is 0 Å². The summed E-state index contributed by atoms with van der Waals surface area (Å²) in [6, 6.07) is 13.0. The molecule has 6 heteroatoms. The second-order valence-corrected chi connectivity index (χ2v) is 7.03. The van der Waals surface area contributed by atoms with E-state index in [-0.39, 0.29) is 23.3 Å². The van der Waals surface area contributed by atoms with Crippen LogP contribution in [0.5, 0.6) is 0 Å². The highest BCUT2D eigenvalue weighted by molar-refractivity contribution is 5.94. The summed E-state index contributed by atoms with van der Waals surface area (Å²) in [6.07, 6.45) is 1.14. The molecule has 28 heavy (non-hydrogen) atoms. The van der Waals surface area contributed by atoms with E-state index < -0.39 is 11.6 Å². The molecule has 3 rings (SSSR count). The maximum atomic E-state index is 13.4. The second-order valence-electron chi connectivity index (χ2n) is 7.03. The molecule has 0 bridgehead atoms. The van der Waals surface area contributed by atoms with Crippen LogP contribution in [0.3, 0.4) is 0 Å². The number of halogens is 2. The zero-order valence-corrected chi connectivity index (χ0v) is 15.9. The van der Waals surface area contributed by atoms with Crippen LogP contribution < -0.4 is 0 Å². The fourth-order valence-corrected chi connectivity index (χ4v) is 3.55. The van der Waals surface area contributed by atoms with Crippen molar-refractivity contribution in [3.63, 3.8) is 0 Å². The van der Waals surface area contributed by atoms with E-state index >= 15 is 0 Å². The van der Waals surface area contributed by atoms with Gasteiger partial charge in [0.15, 0.2) is 11.6 Å². The second kappa shape index (κ2) is 8.95. The minimum Gasteiger partial charge on any atom is -0.339 e. The van der Waals surface area contributed by atoms with E-state index in [1.165, 1.54) is 6.07 Å². The van der Waals surface area contributed by atoms with Gasteiger partial charge in [-0.1, -0.05) is 30.3 Å². The molecule has 1 fully saturated rings. The van der Waals surface area contributed by atoms with Crippen LogP contribution in [0.4, 0.5) is 8.78 Å². The lowest BCUT2D eigenvalue weighted by atomic mass is 9.94. The summed E-state index contributed by atoms with van der Waals surface area (Å²) < 4.78 is 26.5. The zero-order chi connectivity index (χ0) is 20.1. The minimum absolute atomic E-state index is 0.103. The molecule has 4 nitrogen and oxygen atoms in total. The first-order valence-electron chi connectivity index (χ1n) is 9.56. The maximum absolute atomic E-state index is 13.4. The number of hydrogen-bond acceptors (Lipinski definition) is 2. The number of carbonyl (C=O) groups is 2. The van der Waals surface area contributed by atoms with E-state index in [1.54, 1.807) is 4.90 Å². The third-order valence-corrected chi connectivity index (χ3v) is 5.21. The summed E-state index contributed by atoms with van der Waals surface area (Å²) in [5.74, 6) is -2.36. The van der Waals surface area contributed by atoms with Gasteiger partial charge in [-0.25, -0.2) is 8.78 Å². The lowest BCUT2D eigenvalue weighted by molar-refractivity contribution is -0.137. The van der Waals surface area contributed by atoms with Gasteiger partial charge in [-0.2, -0.15) is 0 Å². The van der Waals surface area contributed by atoms with Gasteiger partial charge in [0, 0.05) is 37.7 Å². The monoisotopic (exact) mass is 386 g/mol. The van der Waals surface area contributed by atoms with Crippen molar-refractivity contribution < 1.29 is 18.4 Å². The Morgan fingerprint density at radius 2 is 1.71 bits per heavy atom. The average molecular weight is 386 g/mol. The average Bonchev–Trinajstić information content (AvgIpc) is 2.74. The van der Waals surface area contributed by atoms with E-state index in [1.807, 2.05) is 42.2 Å². The largest absolute Gasteiger partial charge is 0.339 e. The summed E-state index contributed by atoms with van der Waals surface area (Å²) in [6.45, 7) is 4.02. The molecule has 0 unspecified atom stereocenters. The molecule has 0 radical (unpaired) electrons. The topological polar surface area (TPSA) is 40.6 Å². The van der Waals surface area contributed by atoms with Gasteiger partial charge in [0.2, 0.25) is 5.91 Å². The Morgan fingerprint density at radius 1 is 1.04 bits per heavy atom. The molecular formula is C22H24F2N2O2. The summed E-state index contributed by atoms with van der Waals surface area (Å²) >= 11 is 0. The Kier molecular flexibility index (Phi) is 6.39. The Balaban J connectivity index is 1.58. The van der Waals surface area contributed by atoms with E-state index in [0.717, 1.165) is 17.7 Å². The van der Waals surface area contributed by atoms with Gasteiger partial charge in [-0.05, 0) is 43.5 Å². The molecular weight excluding hydrogens is 362 g/mol. The smallest absolute Gasteiger partial charge is 0.253 e. The van der Waals surface area contributed by atoms with Gasteiger partial charge in [0.25, 0.3) is 5.91 Å². The van der Waals surface area contributed by atoms with E-state index in [4.69, 9.17) is 0 Å². The fourth-order valence-electron chi connectivity index (χ4n) is 3.55. The van der Waals surface area contributed by atoms with Crippen LogP contribution in [0.25, 0.3) is 0 Å². The number of likely N-dealkylation sites (tertiary alicyclic amines) is 1. The van der Waals surface area contributed by atoms with Gasteiger partial charge >= 0.3 is 0 Å². The number of rotatable bonds is 5. The quantitative estimate of drug-likeness (QED) is 0.783. The zero-order valence-electron chi connectivity index (χ0n) is 15.9. The number of amides is 2. The summed E-state index contributed by atoms with van der Waals surface area (Å²) in [7, 11) is 0. The predicted octanol–water partition coefficient (Wildman–Crippen LogP) is 3.87. The highest BCUT2D eigenvalue weighted by Crippen LogP contribution is 2.22. The Hall–Kier alpha value is -2.76. The third kappa shape index (κ3) is 4.55. The number of benzene rings is 2. The molecule has 2 amide bonds. The first-order chi connectivity index (χ1) is 13.5. The van der Waals surface area contributed by atoms with Crippen LogP contribution >= 0.6 is 0 Å². The molecule has 1 aliphatic heterocycles. The number of hydrogen-bond donors (Lipinski definition) is 0. The highest BCUT2D eigenvalue weighted by Gasteiger charge is 2.30. The molecule has 0 aromatic heterocycles. The minimum atomic E-state index is -1.03. The van der Waals surface area contributed by atoms with E-state index in [2.05, 4.69) is 0 Å². The summed E-state index contributed by atoms with van der Waals surface area (Å²) in [5.41, 5.74) is 1.21. The lowest BCUT2D eigenvalue weighted by Crippen LogP contribution is -2.44. The Morgan fingerprint density at radius 3 is 2.32 bits per heavy atom. The molecule has 1 heterocycles. The molecule has 0 N–H and O–H groups in total. The molecule has 0 aliphatic carbocycles. The van der Waals surface area contributed by atoms with E-state index in [0.29, 0.717) is 39.0 Å². The van der Waals surface area contributed by atoms with Gasteiger partial charge in [-0.15, -0.1) is 0 Å². The Bertz CT molecular complexity index is 834. The van der Waals surface area contributed by atoms with Crippen LogP contribution in [-0.2, 0) is 11.3 Å². The SMILES string of the molecule is CCN(Cc1ccccc1)C(=O)C1CCN(C(=O)c2ccc(F)c(F)c2)CC1. The van der Waals surface area contributed by atoms with Crippen LogP contribution in [0.1, 0.15) is 35.7 Å². The first-order valence-corrected chi connectivity index (χ1v) is 9.56. The van der Waals surface area contributed by atoms with Crippen LogP contribution in [0.2, 0.25) is 0 Å². The van der Waals surface area contributed by atoms with Crippen molar-refractivity contribution in [3.05, 3.63) is 71.3 Å². The number of carbonyl (C=O) groups excluding carboxylic acids is 2. The normalized spacial score (nSPS) is 14.8. The van der Waals surface area contributed by atoms with Crippen molar-refractivity contribution >= 4 is 11.8 Å². The molecule has 1 aliphatic rings. The fraction of sp³-hybridized carbons (Fsp3) is 0.364. The van der Waals surface area contributed by atoms with Crippen molar-refractivity contribution in [2.24, 2.45) is 5.92 Å². The molecule has 148 valence electrons. The predicted molar refractivity (Wildman–Crippen MR) is 103 cm³/mol. The van der Waals surface area contributed by atoms with Gasteiger partial charge in [-0.3, -0.25) is 9.59 Å². The Labute approximate surface area is 163 Å². The van der Waals surface area contributed by atoms with E-state index in [9.17, 15) is 18.4 Å². The molecule has 0 saturated carbocycles. The maximum Gasteiger partial charge on any atom is 0.253 e. The van der Waals surface area contributed by atoms with Crippen LogP contribution in [0, 0.1) is 17.6 Å². The first kappa shape index (κ1) is 20.0. The van der Waals surface area contributed by atoms with Crippen molar-refractivity contribution in [2.45, 2.75) is 26.3 Å². The van der Waals surface area contributed by atoms with Gasteiger partial charge < -0.3 is 9.80 Å². The molecule has 2 aromatic carbocycles. The number of piperidine rings is 1. The van der Waals surface area contributed by atoms with Crippen molar-refractivity contribution in [3.8, 4) is 0 Å². The van der Waals surface area contributed by atoms with Crippen LogP contribution in [-0.4, -0.2) is 41.2 Å². The van der Waals surface area contributed by atoms with Crippen molar-refractivity contribution in [1.29, 1.82) is 0 Å². The molecule has 0 spiro atoms. The molecule has 1 saturated heterocycles. The summed E-state index contributed by atoms with van der Waals surface area (Å²) in [4.78, 5) is 28.8. The summed E-state index contributed by atoms with van der Waals surface area (Å²) in [5, 5.41) is 0. The third-order valence-electron chi connectivity index (χ3n) is 5.21. The molecule has 2 aromatic rings. The standard InChI is InChI=1S/C22H24F2N2O2/c1-2-25(15-16-6-4-3-5-7-16)21(27)17-10-12-26(13-11-17)22(28)18-8-9-19(23)20(24)14-18/h3-9,14,17H,2,10-13,15H2,1H3. The lowest BCUT2D eigenvalue weighted by Gasteiger charge is -2.34. The molecule has 0 atom stereocenters. The van der Waals surface area contributed by atoms with Crippen LogP contribution in [0.15, 0.2) is 48.5 Å².